The molecule has 1 saturated heterocycles. The Morgan fingerprint density at radius 2 is 2.12 bits per heavy atom. The zero-order valence-electron chi connectivity index (χ0n) is 14.3. The molecule has 0 radical (unpaired) electrons. The van der Waals surface area contributed by atoms with Gasteiger partial charge in [-0.05, 0) is 49.9 Å². The summed E-state index contributed by atoms with van der Waals surface area (Å²) in [5, 5.41) is 17.8. The van der Waals surface area contributed by atoms with E-state index in [2.05, 4.69) is 20.4 Å². The Kier molecular flexibility index (Phi) is 4.93. The lowest BCUT2D eigenvalue weighted by Crippen LogP contribution is -2.29. The predicted molar refractivity (Wildman–Crippen MR) is 94.7 cm³/mol. The number of amides is 1. The van der Waals surface area contributed by atoms with Gasteiger partial charge in [0.2, 0.25) is 5.89 Å². The summed E-state index contributed by atoms with van der Waals surface area (Å²) < 4.78 is 5.34. The summed E-state index contributed by atoms with van der Waals surface area (Å²) in [4.78, 5) is 18.4. The van der Waals surface area contributed by atoms with Crippen LogP contribution in [0.2, 0.25) is 5.02 Å². The molecule has 0 spiro atoms. The number of halogens is 1. The highest BCUT2D eigenvalue weighted by atomic mass is 35.5. The van der Waals surface area contributed by atoms with E-state index in [-0.39, 0.29) is 23.8 Å². The average molecular weight is 377 g/mol. The minimum Gasteiger partial charge on any atom is -0.387 e. The number of aliphatic hydroxyl groups excluding tert-OH is 1. The van der Waals surface area contributed by atoms with Crippen LogP contribution >= 0.6 is 11.6 Å². The smallest absolute Gasteiger partial charge is 0.292 e. The fourth-order valence-electron chi connectivity index (χ4n) is 3.28. The number of hydrogen-bond donors (Lipinski definition) is 2. The first-order chi connectivity index (χ1) is 12.6. The summed E-state index contributed by atoms with van der Waals surface area (Å²) in [5.41, 5.74) is 0.815. The van der Waals surface area contributed by atoms with Gasteiger partial charge >= 0.3 is 0 Å². The molecule has 138 valence electrons. The van der Waals surface area contributed by atoms with Gasteiger partial charge in [-0.15, -0.1) is 0 Å². The third-order valence-electron chi connectivity index (χ3n) is 4.87. The predicted octanol–water partition coefficient (Wildman–Crippen LogP) is 2.49. The van der Waals surface area contributed by atoms with Crippen molar-refractivity contribution in [2.75, 3.05) is 13.1 Å². The minimum absolute atomic E-state index is 0.0769. The molecule has 1 saturated carbocycles. The maximum atomic E-state index is 12.0. The van der Waals surface area contributed by atoms with Crippen molar-refractivity contribution in [2.45, 2.75) is 43.9 Å². The van der Waals surface area contributed by atoms with E-state index >= 15 is 0 Å². The highest BCUT2D eigenvalue weighted by molar-refractivity contribution is 6.30. The van der Waals surface area contributed by atoms with Crippen molar-refractivity contribution < 1.29 is 14.4 Å². The number of carbonyl (C=O) groups is 1. The molecule has 0 bridgehead atoms. The fraction of sp³-hybridized carbons (Fsp3) is 0.500. The van der Waals surface area contributed by atoms with Gasteiger partial charge in [-0.25, -0.2) is 0 Å². The maximum absolute atomic E-state index is 12.0. The molecule has 4 rings (SSSR count). The Balaban J connectivity index is 1.42. The number of nitrogens with one attached hydrogen (secondary N) is 1. The molecule has 0 unspecified atom stereocenters. The van der Waals surface area contributed by atoms with Crippen molar-refractivity contribution in [3.63, 3.8) is 0 Å². The summed E-state index contributed by atoms with van der Waals surface area (Å²) in [6.45, 7) is 1.29. The Morgan fingerprint density at radius 1 is 1.35 bits per heavy atom. The monoisotopic (exact) mass is 376 g/mol. The quantitative estimate of drug-likeness (QED) is 0.804. The number of aliphatic hydroxyl groups is 1. The minimum atomic E-state index is -0.631. The summed E-state index contributed by atoms with van der Waals surface area (Å²) in [6, 6.07) is 7.36. The Morgan fingerprint density at radius 3 is 2.85 bits per heavy atom. The molecule has 2 fully saturated rings. The van der Waals surface area contributed by atoms with Crippen LogP contribution in [0.3, 0.4) is 0 Å². The molecule has 2 atom stereocenters. The van der Waals surface area contributed by atoms with Gasteiger partial charge in [0, 0.05) is 17.6 Å². The molecule has 1 aromatic carbocycles. The third-order valence-corrected chi connectivity index (χ3v) is 5.12. The van der Waals surface area contributed by atoms with Crippen LogP contribution in [-0.2, 0) is 0 Å². The van der Waals surface area contributed by atoms with E-state index in [1.807, 2.05) is 12.1 Å². The lowest BCUT2D eigenvalue weighted by Gasteiger charge is -2.24. The fourth-order valence-corrected chi connectivity index (χ4v) is 3.40. The SMILES string of the molecule is O=C(NC1CC1)c1noc([C@@H]2CCCN2C[C@@H](O)c2ccc(Cl)cc2)n1. The number of hydrogen-bond acceptors (Lipinski definition) is 6. The first-order valence-corrected chi connectivity index (χ1v) is 9.30. The second-order valence-corrected chi connectivity index (χ2v) is 7.36. The number of rotatable bonds is 6. The van der Waals surface area contributed by atoms with Crippen LogP contribution in [0.15, 0.2) is 28.8 Å². The van der Waals surface area contributed by atoms with E-state index in [0.29, 0.717) is 17.5 Å². The van der Waals surface area contributed by atoms with Crippen molar-refractivity contribution in [1.29, 1.82) is 0 Å². The van der Waals surface area contributed by atoms with Crippen molar-refractivity contribution in [1.82, 2.24) is 20.4 Å². The second kappa shape index (κ2) is 7.34. The van der Waals surface area contributed by atoms with Gasteiger partial charge in [-0.2, -0.15) is 4.98 Å². The molecule has 26 heavy (non-hydrogen) atoms. The van der Waals surface area contributed by atoms with Crippen molar-refractivity contribution in [3.05, 3.63) is 46.6 Å². The second-order valence-electron chi connectivity index (χ2n) is 6.92. The van der Waals surface area contributed by atoms with Crippen LogP contribution in [0, 0.1) is 0 Å². The summed E-state index contributed by atoms with van der Waals surface area (Å²) in [7, 11) is 0. The molecule has 1 aliphatic heterocycles. The number of benzene rings is 1. The highest BCUT2D eigenvalue weighted by Gasteiger charge is 2.33. The summed E-state index contributed by atoms with van der Waals surface area (Å²) in [6.07, 6.45) is 3.22. The van der Waals surface area contributed by atoms with Crippen molar-refractivity contribution in [2.24, 2.45) is 0 Å². The number of nitrogens with zero attached hydrogens (tertiary/aromatic N) is 3. The topological polar surface area (TPSA) is 91.5 Å². The zero-order chi connectivity index (χ0) is 18.1. The molecule has 2 heterocycles. The van der Waals surface area contributed by atoms with Crippen LogP contribution in [0.4, 0.5) is 0 Å². The van der Waals surface area contributed by atoms with Crippen LogP contribution in [0.5, 0.6) is 0 Å². The summed E-state index contributed by atoms with van der Waals surface area (Å²) in [5.74, 6) is 0.233. The average Bonchev–Trinajstić information content (AvgIpc) is 3.11. The Hall–Kier alpha value is -1.96. The summed E-state index contributed by atoms with van der Waals surface area (Å²) >= 11 is 5.90. The molecular formula is C18H21ClN4O3. The number of carbonyl (C=O) groups excluding carboxylic acids is 1. The molecule has 1 amide bonds. The van der Waals surface area contributed by atoms with E-state index in [9.17, 15) is 9.90 Å². The number of aromatic nitrogens is 2. The van der Waals surface area contributed by atoms with E-state index in [1.54, 1.807) is 12.1 Å². The van der Waals surface area contributed by atoms with Gasteiger partial charge in [-0.3, -0.25) is 9.69 Å². The van der Waals surface area contributed by atoms with Gasteiger partial charge in [0.1, 0.15) is 0 Å². The number of likely N-dealkylation sites (tertiary alicyclic amines) is 1. The first-order valence-electron chi connectivity index (χ1n) is 8.92. The van der Waals surface area contributed by atoms with Crippen LogP contribution in [0.25, 0.3) is 0 Å². The lowest BCUT2D eigenvalue weighted by atomic mass is 10.1. The van der Waals surface area contributed by atoms with E-state index in [0.717, 1.165) is 37.8 Å². The van der Waals surface area contributed by atoms with Crippen LogP contribution in [0.1, 0.15) is 59.9 Å². The van der Waals surface area contributed by atoms with E-state index < -0.39 is 6.10 Å². The van der Waals surface area contributed by atoms with E-state index in [4.69, 9.17) is 16.1 Å². The molecule has 2 aromatic rings. The lowest BCUT2D eigenvalue weighted by molar-refractivity contribution is 0.0937. The maximum Gasteiger partial charge on any atom is 0.292 e. The van der Waals surface area contributed by atoms with Gasteiger partial charge in [-0.1, -0.05) is 28.9 Å². The van der Waals surface area contributed by atoms with Crippen LogP contribution < -0.4 is 5.32 Å². The van der Waals surface area contributed by atoms with E-state index in [1.165, 1.54) is 0 Å². The molecule has 8 heteroatoms. The number of β-amino-alcohol motifs (C(OH)–C–C–N with tert-alkyl or cyclic N) is 1. The van der Waals surface area contributed by atoms with Crippen molar-refractivity contribution in [3.8, 4) is 0 Å². The molecule has 2 aliphatic rings. The largest absolute Gasteiger partial charge is 0.387 e. The third kappa shape index (κ3) is 3.90. The molecule has 1 aliphatic carbocycles. The van der Waals surface area contributed by atoms with Gasteiger partial charge < -0.3 is 14.9 Å². The van der Waals surface area contributed by atoms with Gasteiger partial charge in [0.15, 0.2) is 0 Å². The van der Waals surface area contributed by atoms with Gasteiger partial charge in [0.05, 0.1) is 12.1 Å². The Labute approximate surface area is 156 Å². The molecule has 1 aromatic heterocycles. The zero-order valence-corrected chi connectivity index (χ0v) is 15.0. The molecular weight excluding hydrogens is 356 g/mol. The molecule has 7 nitrogen and oxygen atoms in total. The molecule has 2 N–H and O–H groups in total. The Bertz CT molecular complexity index is 775. The van der Waals surface area contributed by atoms with Crippen LogP contribution in [-0.4, -0.2) is 45.2 Å². The van der Waals surface area contributed by atoms with Gasteiger partial charge in [0.25, 0.3) is 11.7 Å². The highest BCUT2D eigenvalue weighted by Crippen LogP contribution is 2.32. The van der Waals surface area contributed by atoms with Crippen molar-refractivity contribution >= 4 is 17.5 Å². The first kappa shape index (κ1) is 17.5. The standard InChI is InChI=1S/C18H21ClN4O3/c19-12-5-3-11(4-6-12)15(24)10-23-9-1-2-14(23)18-21-16(22-26-18)17(25)20-13-7-8-13/h3-6,13-15,24H,1-2,7-10H2,(H,20,25)/t14-,15+/m0/s1. The normalized spacial score (nSPS) is 21.7.